The normalized spacial score (nSPS) is 21.4. The van der Waals surface area contributed by atoms with E-state index in [0.717, 1.165) is 32.1 Å². The zero-order chi connectivity index (χ0) is 17.8. The molecule has 0 bridgehead atoms. The van der Waals surface area contributed by atoms with Crippen LogP contribution in [0.5, 0.6) is 0 Å². The highest BCUT2D eigenvalue weighted by Crippen LogP contribution is 2.34. The number of rotatable bonds is 7. The van der Waals surface area contributed by atoms with Crippen LogP contribution in [0.25, 0.3) is 0 Å². The fourth-order valence-corrected chi connectivity index (χ4v) is 2.57. The van der Waals surface area contributed by atoms with Gasteiger partial charge in [-0.1, -0.05) is 39.5 Å². The molecule has 1 aliphatic rings. The molecule has 1 fully saturated rings. The molecule has 0 heterocycles. The summed E-state index contributed by atoms with van der Waals surface area (Å²) in [5.41, 5.74) is 0.187. The Bertz CT molecular complexity index is 415. The molecule has 23 heavy (non-hydrogen) atoms. The summed E-state index contributed by atoms with van der Waals surface area (Å²) in [6.45, 7) is 15.0. The zero-order valence-electron chi connectivity index (χ0n) is 15.0. The second kappa shape index (κ2) is 12.1. The monoisotopic (exact) mass is 326 g/mol. The summed E-state index contributed by atoms with van der Waals surface area (Å²) in [4.78, 5) is 0. The first kappa shape index (κ1) is 21.6. The van der Waals surface area contributed by atoms with Gasteiger partial charge >= 0.3 is 0 Å². The third kappa shape index (κ3) is 8.15. The lowest BCUT2D eigenvalue weighted by atomic mass is 9.79. The van der Waals surface area contributed by atoms with Crippen molar-refractivity contribution in [1.29, 1.82) is 0 Å². The van der Waals surface area contributed by atoms with Gasteiger partial charge in [-0.3, -0.25) is 0 Å². The van der Waals surface area contributed by atoms with Gasteiger partial charge in [-0.15, -0.1) is 6.58 Å². The van der Waals surface area contributed by atoms with Gasteiger partial charge in [-0.25, -0.2) is 4.39 Å². The molecule has 0 amide bonds. The fraction of sp³-hybridized carbons (Fsp3) is 0.600. The molecule has 0 atom stereocenters. The van der Waals surface area contributed by atoms with E-state index in [1.165, 1.54) is 13.5 Å². The second-order valence-corrected chi connectivity index (χ2v) is 6.12. The lowest BCUT2D eigenvalue weighted by Gasteiger charge is -2.26. The van der Waals surface area contributed by atoms with Crippen LogP contribution in [0.2, 0.25) is 0 Å². The van der Waals surface area contributed by atoms with Crippen LogP contribution in [0, 0.1) is 11.8 Å². The summed E-state index contributed by atoms with van der Waals surface area (Å²) in [5, 5.41) is 0. The van der Waals surface area contributed by atoms with E-state index >= 15 is 0 Å². The van der Waals surface area contributed by atoms with Gasteiger partial charge < -0.3 is 4.74 Å². The van der Waals surface area contributed by atoms with Crippen LogP contribution >= 0.6 is 0 Å². The van der Waals surface area contributed by atoms with E-state index in [-0.39, 0.29) is 11.3 Å². The van der Waals surface area contributed by atoms with Crippen LogP contribution in [0.15, 0.2) is 48.8 Å². The molecule has 0 aromatic heterocycles. The molecular formula is C20H32F2O. The van der Waals surface area contributed by atoms with E-state index in [1.807, 2.05) is 6.08 Å². The number of allylic oxidation sites excluding steroid dienone is 4. The molecule has 0 N–H and O–H groups in total. The molecule has 3 heteroatoms. The first-order chi connectivity index (χ1) is 10.9. The Morgan fingerprint density at radius 3 is 2.04 bits per heavy atom. The standard InChI is InChI=1S/C17H24F2O.C3H8/c1-5-14-8-10-15(11-9-14)7-6-12(2)16(18)17(19)13(3)20-4;1-3-2/h5,14-15H,1-3,6-11H2,4H3;3H2,1-2H3/b17-16-;. The van der Waals surface area contributed by atoms with Gasteiger partial charge in [0.25, 0.3) is 0 Å². The molecule has 1 saturated carbocycles. The Morgan fingerprint density at radius 2 is 1.61 bits per heavy atom. The van der Waals surface area contributed by atoms with Crippen LogP contribution < -0.4 is 0 Å². The van der Waals surface area contributed by atoms with Crippen molar-refractivity contribution in [2.75, 3.05) is 7.11 Å². The van der Waals surface area contributed by atoms with Gasteiger partial charge in [-0.05, 0) is 55.9 Å². The van der Waals surface area contributed by atoms with Crippen LogP contribution in [-0.4, -0.2) is 7.11 Å². The van der Waals surface area contributed by atoms with Crippen LogP contribution in [-0.2, 0) is 4.74 Å². The third-order valence-electron chi connectivity index (χ3n) is 4.07. The Kier molecular flexibility index (Phi) is 11.4. The highest BCUT2D eigenvalue weighted by Gasteiger charge is 2.20. The van der Waals surface area contributed by atoms with E-state index in [1.54, 1.807) is 0 Å². The van der Waals surface area contributed by atoms with Crippen molar-refractivity contribution in [2.45, 2.75) is 58.8 Å². The Hall–Kier alpha value is -1.38. The first-order valence-electron chi connectivity index (χ1n) is 8.50. The molecule has 0 saturated heterocycles. The van der Waals surface area contributed by atoms with Crippen molar-refractivity contribution in [3.63, 3.8) is 0 Å². The molecule has 0 aromatic carbocycles. The van der Waals surface area contributed by atoms with Crippen LogP contribution in [0.3, 0.4) is 0 Å². The second-order valence-electron chi connectivity index (χ2n) is 6.12. The van der Waals surface area contributed by atoms with E-state index < -0.39 is 11.7 Å². The smallest absolute Gasteiger partial charge is 0.200 e. The van der Waals surface area contributed by atoms with Crippen LogP contribution in [0.4, 0.5) is 8.78 Å². The minimum atomic E-state index is -1.05. The quantitative estimate of drug-likeness (QED) is 0.277. The number of hydrogen-bond donors (Lipinski definition) is 0. The zero-order valence-corrected chi connectivity index (χ0v) is 15.0. The summed E-state index contributed by atoms with van der Waals surface area (Å²) in [7, 11) is 1.26. The summed E-state index contributed by atoms with van der Waals surface area (Å²) in [5.74, 6) is -1.09. The average Bonchev–Trinajstić information content (AvgIpc) is 2.58. The van der Waals surface area contributed by atoms with Crippen molar-refractivity contribution in [2.24, 2.45) is 11.8 Å². The highest BCUT2D eigenvalue weighted by atomic mass is 19.2. The lowest BCUT2D eigenvalue weighted by molar-refractivity contribution is 0.279. The molecular weight excluding hydrogens is 294 g/mol. The molecule has 0 unspecified atom stereocenters. The van der Waals surface area contributed by atoms with Gasteiger partial charge in [0.05, 0.1) is 7.11 Å². The van der Waals surface area contributed by atoms with E-state index in [4.69, 9.17) is 0 Å². The minimum absolute atomic E-state index is 0.187. The summed E-state index contributed by atoms with van der Waals surface area (Å²) in [6, 6.07) is 0. The molecule has 0 aromatic rings. The maximum atomic E-state index is 13.7. The Balaban J connectivity index is 0.00000149. The molecule has 0 aliphatic heterocycles. The molecule has 1 rings (SSSR count). The van der Waals surface area contributed by atoms with Gasteiger partial charge in [0, 0.05) is 0 Å². The Morgan fingerprint density at radius 1 is 1.09 bits per heavy atom. The topological polar surface area (TPSA) is 9.23 Å². The summed E-state index contributed by atoms with van der Waals surface area (Å²) < 4.78 is 31.8. The van der Waals surface area contributed by atoms with Gasteiger partial charge in [-0.2, -0.15) is 4.39 Å². The van der Waals surface area contributed by atoms with Crippen molar-refractivity contribution in [1.82, 2.24) is 0 Å². The molecule has 1 nitrogen and oxygen atoms in total. The SMILES string of the molecule is C=CC1CCC(CCC(=C)/C(F)=C(/F)C(=C)OC)CC1.CCC. The van der Waals surface area contributed by atoms with Gasteiger partial charge in [0.2, 0.25) is 0 Å². The summed E-state index contributed by atoms with van der Waals surface area (Å²) >= 11 is 0. The van der Waals surface area contributed by atoms with E-state index in [2.05, 4.69) is 38.3 Å². The fourth-order valence-electron chi connectivity index (χ4n) is 2.57. The third-order valence-corrected chi connectivity index (χ3v) is 4.07. The van der Waals surface area contributed by atoms with Crippen molar-refractivity contribution < 1.29 is 13.5 Å². The molecule has 132 valence electrons. The molecule has 0 radical (unpaired) electrons. The van der Waals surface area contributed by atoms with E-state index in [9.17, 15) is 8.78 Å². The number of ether oxygens (including phenoxy) is 1. The molecule has 1 aliphatic carbocycles. The maximum absolute atomic E-state index is 13.7. The minimum Gasteiger partial charge on any atom is -0.494 e. The van der Waals surface area contributed by atoms with Gasteiger partial charge in [0.15, 0.2) is 11.7 Å². The van der Waals surface area contributed by atoms with Gasteiger partial charge in [0.1, 0.15) is 5.76 Å². The maximum Gasteiger partial charge on any atom is 0.200 e. The van der Waals surface area contributed by atoms with Crippen molar-refractivity contribution in [3.05, 3.63) is 48.8 Å². The highest BCUT2D eigenvalue weighted by molar-refractivity contribution is 5.32. The number of methoxy groups -OCH3 is 1. The average molecular weight is 326 g/mol. The van der Waals surface area contributed by atoms with Crippen molar-refractivity contribution >= 4 is 0 Å². The first-order valence-corrected chi connectivity index (χ1v) is 8.50. The Labute approximate surface area is 140 Å². The number of halogens is 2. The molecule has 0 spiro atoms. The number of hydrogen-bond acceptors (Lipinski definition) is 1. The predicted molar refractivity (Wildman–Crippen MR) is 95.4 cm³/mol. The predicted octanol–water partition coefficient (Wildman–Crippen LogP) is 7.04. The van der Waals surface area contributed by atoms with Crippen molar-refractivity contribution in [3.8, 4) is 0 Å². The lowest BCUT2D eigenvalue weighted by Crippen LogP contribution is -2.13. The summed E-state index contributed by atoms with van der Waals surface area (Å²) in [6.07, 6.45) is 9.14. The van der Waals surface area contributed by atoms with Crippen LogP contribution in [0.1, 0.15) is 58.8 Å². The largest absolute Gasteiger partial charge is 0.494 e. The van der Waals surface area contributed by atoms with E-state index in [0.29, 0.717) is 18.3 Å².